The minimum Gasteiger partial charge on any atom is -0.662 e. The van der Waals surface area contributed by atoms with E-state index in [1.807, 2.05) is 0 Å². The van der Waals surface area contributed by atoms with Crippen LogP contribution >= 0.6 is 0 Å². The molecule has 0 rings (SSSR count). The third kappa shape index (κ3) is 5.39. The van der Waals surface area contributed by atoms with Crippen molar-refractivity contribution in [3.05, 3.63) is 0 Å². The van der Waals surface area contributed by atoms with Gasteiger partial charge in [0.25, 0.3) is 5.97 Å². The van der Waals surface area contributed by atoms with Crippen LogP contribution in [0.4, 0.5) is 0 Å². The van der Waals surface area contributed by atoms with Crippen molar-refractivity contribution in [3.8, 4) is 0 Å². The molecule has 0 fully saturated rings. The van der Waals surface area contributed by atoms with Gasteiger partial charge in [0.2, 0.25) is 0 Å². The van der Waals surface area contributed by atoms with E-state index in [-0.39, 0.29) is 12.6 Å². The molecule has 7 heavy (non-hydrogen) atoms. The molecule has 0 aliphatic carbocycles. The zero-order chi connectivity index (χ0) is 4.99. The number of rotatable bonds is 1. The van der Waals surface area contributed by atoms with Crippen LogP contribution in [0, 0.1) is 0 Å². The smallest absolute Gasteiger partial charge is 0.299 e. The zero-order valence-corrected chi connectivity index (χ0v) is 4.43. The Morgan fingerprint density at radius 2 is 2.29 bits per heavy atom. The summed E-state index contributed by atoms with van der Waals surface area (Å²) in [5.74, 6) is -0.713. The first-order chi connectivity index (χ1) is 2.81. The maximum absolute atomic E-state index is 9.65. The molecule has 0 atom stereocenters. The maximum Gasteiger partial charge on any atom is 0.299 e. The first-order valence-corrected chi connectivity index (χ1v) is 1.64. The summed E-state index contributed by atoms with van der Waals surface area (Å²) in [6, 6.07) is 0. The SMILES string of the molecule is CCC(=O)O[O-].[NH4+]. The number of carbonyl (C=O) groups excluding carboxylic acids is 1. The van der Waals surface area contributed by atoms with E-state index in [0.29, 0.717) is 0 Å². The molecule has 0 spiro atoms. The molecule has 4 N–H and O–H groups in total. The highest BCUT2D eigenvalue weighted by Gasteiger charge is 1.84. The van der Waals surface area contributed by atoms with E-state index in [9.17, 15) is 4.79 Å². The molecule has 0 aromatic rings. The Hall–Kier alpha value is -0.610. The van der Waals surface area contributed by atoms with Crippen LogP contribution in [0.25, 0.3) is 0 Å². The summed E-state index contributed by atoms with van der Waals surface area (Å²) in [7, 11) is 0. The molecule has 0 radical (unpaired) electrons. The second-order valence-electron chi connectivity index (χ2n) is 0.809. The van der Waals surface area contributed by atoms with Crippen molar-refractivity contribution in [3.63, 3.8) is 0 Å². The van der Waals surface area contributed by atoms with Gasteiger partial charge in [0.15, 0.2) is 0 Å². The predicted molar refractivity (Wildman–Crippen MR) is 22.4 cm³/mol. The van der Waals surface area contributed by atoms with Crippen LogP contribution in [-0.2, 0) is 9.68 Å². The normalized spacial score (nSPS) is 6.57. The third-order valence-corrected chi connectivity index (χ3v) is 0.382. The fourth-order valence-electron chi connectivity index (χ4n) is 0.0589. The van der Waals surface area contributed by atoms with Gasteiger partial charge < -0.3 is 16.3 Å². The molecule has 4 heteroatoms. The summed E-state index contributed by atoms with van der Waals surface area (Å²) in [6.07, 6.45) is 0.156. The predicted octanol–water partition coefficient (Wildman–Crippen LogP) is -0.409. The highest BCUT2D eigenvalue weighted by atomic mass is 17.1. The molecular weight excluding hydrogens is 98.0 g/mol. The van der Waals surface area contributed by atoms with E-state index >= 15 is 0 Å². The number of carbonyl (C=O) groups is 1. The van der Waals surface area contributed by atoms with Crippen molar-refractivity contribution in [1.82, 2.24) is 6.15 Å². The molecule has 0 amide bonds. The van der Waals surface area contributed by atoms with Crippen LogP contribution in [0.15, 0.2) is 0 Å². The van der Waals surface area contributed by atoms with Gasteiger partial charge in [-0.3, -0.25) is 4.79 Å². The van der Waals surface area contributed by atoms with Gasteiger partial charge in [-0.05, 0) is 0 Å². The molecule has 44 valence electrons. The first kappa shape index (κ1) is 9.63. The molecule has 0 aromatic carbocycles. The topological polar surface area (TPSA) is 85.9 Å². The van der Waals surface area contributed by atoms with E-state index in [1.165, 1.54) is 0 Å². The van der Waals surface area contributed by atoms with E-state index in [4.69, 9.17) is 5.26 Å². The Labute approximate surface area is 41.6 Å². The van der Waals surface area contributed by atoms with Crippen LogP contribution in [0.5, 0.6) is 0 Å². The van der Waals surface area contributed by atoms with Crippen LogP contribution in [0.1, 0.15) is 13.3 Å². The summed E-state index contributed by atoms with van der Waals surface area (Å²) in [5.41, 5.74) is 0. The van der Waals surface area contributed by atoms with Crippen LogP contribution in [0.3, 0.4) is 0 Å². The van der Waals surface area contributed by atoms with Gasteiger partial charge in [-0.1, -0.05) is 6.92 Å². The van der Waals surface area contributed by atoms with Gasteiger partial charge in [0.1, 0.15) is 0 Å². The lowest BCUT2D eigenvalue weighted by Gasteiger charge is -2.00. The maximum atomic E-state index is 9.65. The fourth-order valence-corrected chi connectivity index (χ4v) is 0.0589. The summed E-state index contributed by atoms with van der Waals surface area (Å²) in [5, 5.41) is 9.01. The molecule has 0 unspecified atom stereocenters. The third-order valence-electron chi connectivity index (χ3n) is 0.382. The van der Waals surface area contributed by atoms with Crippen LogP contribution < -0.4 is 11.4 Å². The Morgan fingerprint density at radius 1 is 1.86 bits per heavy atom. The Morgan fingerprint density at radius 3 is 2.29 bits per heavy atom. The average molecular weight is 107 g/mol. The molecule has 4 nitrogen and oxygen atoms in total. The largest absolute Gasteiger partial charge is 0.662 e. The molecule has 0 aliphatic heterocycles. The van der Waals surface area contributed by atoms with E-state index in [0.717, 1.165) is 0 Å². The van der Waals surface area contributed by atoms with E-state index in [1.54, 1.807) is 6.92 Å². The minimum atomic E-state index is -0.713. The van der Waals surface area contributed by atoms with Crippen molar-refractivity contribution < 1.29 is 14.9 Å². The molecule has 0 saturated carbocycles. The number of quaternary nitrogens is 1. The summed E-state index contributed by atoms with van der Waals surface area (Å²) < 4.78 is 0. The second kappa shape index (κ2) is 5.39. The lowest BCUT2D eigenvalue weighted by atomic mass is 10.5. The van der Waals surface area contributed by atoms with Crippen molar-refractivity contribution in [2.24, 2.45) is 0 Å². The van der Waals surface area contributed by atoms with Crippen LogP contribution in [0.2, 0.25) is 0 Å². The van der Waals surface area contributed by atoms with Crippen molar-refractivity contribution in [2.75, 3.05) is 0 Å². The van der Waals surface area contributed by atoms with Crippen molar-refractivity contribution in [1.29, 1.82) is 0 Å². The molecular formula is C3H9NO3. The quantitative estimate of drug-likeness (QED) is 0.365. The monoisotopic (exact) mass is 107 g/mol. The van der Waals surface area contributed by atoms with E-state index in [2.05, 4.69) is 4.89 Å². The summed E-state index contributed by atoms with van der Waals surface area (Å²) in [6.45, 7) is 1.56. The van der Waals surface area contributed by atoms with Gasteiger partial charge in [0, 0.05) is 6.42 Å². The molecule has 0 heterocycles. The Balaban J connectivity index is 0. The van der Waals surface area contributed by atoms with Crippen molar-refractivity contribution >= 4 is 5.97 Å². The Kier molecular flexibility index (Phi) is 7.42. The Bertz CT molecular complexity index is 48.1. The average Bonchev–Trinajstić information content (AvgIpc) is 1.65. The molecule has 0 aromatic heterocycles. The lowest BCUT2D eigenvalue weighted by Crippen LogP contribution is -2.12. The first-order valence-electron chi connectivity index (χ1n) is 1.64. The summed E-state index contributed by atoms with van der Waals surface area (Å²) in [4.78, 5) is 12.7. The van der Waals surface area contributed by atoms with Gasteiger partial charge in [-0.15, -0.1) is 0 Å². The lowest BCUT2D eigenvalue weighted by molar-refractivity contribution is -0.657. The highest BCUT2D eigenvalue weighted by Crippen LogP contribution is 1.73. The number of hydrogen-bond donors (Lipinski definition) is 1. The van der Waals surface area contributed by atoms with Crippen molar-refractivity contribution in [2.45, 2.75) is 13.3 Å². The van der Waals surface area contributed by atoms with E-state index < -0.39 is 5.97 Å². The minimum absolute atomic E-state index is 0. The highest BCUT2D eigenvalue weighted by molar-refractivity contribution is 5.67. The van der Waals surface area contributed by atoms with Gasteiger partial charge in [0.05, 0.1) is 0 Å². The second-order valence-corrected chi connectivity index (χ2v) is 0.809. The molecule has 0 bridgehead atoms. The number of hydrogen-bond acceptors (Lipinski definition) is 3. The fraction of sp³-hybridized carbons (Fsp3) is 0.667. The zero-order valence-electron chi connectivity index (χ0n) is 4.43. The van der Waals surface area contributed by atoms with Gasteiger partial charge in [-0.25, -0.2) is 0 Å². The standard InChI is InChI=1S/C3H6O3.H3N/c1-2-3(4)6-5;/h5H,2H2,1H3;1H3. The van der Waals surface area contributed by atoms with Gasteiger partial charge >= 0.3 is 0 Å². The van der Waals surface area contributed by atoms with Gasteiger partial charge in [-0.2, -0.15) is 0 Å². The summed E-state index contributed by atoms with van der Waals surface area (Å²) >= 11 is 0. The molecule has 0 saturated heterocycles. The van der Waals surface area contributed by atoms with Crippen LogP contribution in [-0.4, -0.2) is 5.97 Å². The molecule has 0 aliphatic rings.